The van der Waals surface area contributed by atoms with Gasteiger partial charge in [0.15, 0.2) is 0 Å². The summed E-state index contributed by atoms with van der Waals surface area (Å²) in [7, 11) is 3.57. The van der Waals surface area contributed by atoms with E-state index in [1.807, 2.05) is 7.05 Å². The van der Waals surface area contributed by atoms with E-state index in [4.69, 9.17) is 11.6 Å². The molecule has 0 fully saturated rings. The van der Waals surface area contributed by atoms with Crippen LogP contribution in [0.4, 0.5) is 10.5 Å². The van der Waals surface area contributed by atoms with Crippen LogP contribution in [-0.2, 0) is 13.6 Å². The molecule has 1 aromatic heterocycles. The van der Waals surface area contributed by atoms with Crippen molar-refractivity contribution in [2.45, 2.75) is 6.54 Å². The second kappa shape index (κ2) is 6.28. The van der Waals surface area contributed by atoms with Crippen LogP contribution in [0.3, 0.4) is 0 Å². The van der Waals surface area contributed by atoms with E-state index >= 15 is 0 Å². The maximum atomic E-state index is 12.1. The lowest BCUT2D eigenvalue weighted by Crippen LogP contribution is -2.31. The van der Waals surface area contributed by atoms with Crippen LogP contribution in [0.5, 0.6) is 0 Å². The molecule has 0 radical (unpaired) electrons. The van der Waals surface area contributed by atoms with Crippen LogP contribution in [0.2, 0.25) is 5.02 Å². The van der Waals surface area contributed by atoms with Crippen molar-refractivity contribution in [1.82, 2.24) is 14.7 Å². The van der Waals surface area contributed by atoms with Crippen LogP contribution in [0.25, 0.3) is 0 Å². The molecule has 1 heterocycles. The molecule has 0 aliphatic rings. The largest absolute Gasteiger partial charge is 0.322 e. The van der Waals surface area contributed by atoms with Crippen LogP contribution in [0.15, 0.2) is 34.9 Å². The number of aromatic nitrogens is 2. The van der Waals surface area contributed by atoms with Gasteiger partial charge >= 0.3 is 6.03 Å². The van der Waals surface area contributed by atoms with E-state index in [0.717, 1.165) is 10.2 Å². The van der Waals surface area contributed by atoms with Crippen molar-refractivity contribution in [2.75, 3.05) is 12.4 Å². The van der Waals surface area contributed by atoms with Gasteiger partial charge < -0.3 is 10.2 Å². The number of amides is 2. The van der Waals surface area contributed by atoms with Crippen molar-refractivity contribution in [3.8, 4) is 0 Å². The molecule has 0 aliphatic carbocycles. The first-order valence-corrected chi connectivity index (χ1v) is 7.08. The maximum absolute atomic E-state index is 12.1. The number of nitrogens with zero attached hydrogens (tertiary/aromatic N) is 3. The molecule has 0 saturated heterocycles. The zero-order valence-electron chi connectivity index (χ0n) is 11.1. The Kier molecular flexibility index (Phi) is 4.67. The second-order valence-electron chi connectivity index (χ2n) is 4.36. The van der Waals surface area contributed by atoms with E-state index in [9.17, 15) is 4.79 Å². The lowest BCUT2D eigenvalue weighted by Gasteiger charge is -2.18. The third-order valence-corrected chi connectivity index (χ3v) is 3.75. The zero-order valence-corrected chi connectivity index (χ0v) is 13.4. The van der Waals surface area contributed by atoms with Gasteiger partial charge in [0.05, 0.1) is 22.9 Å². The SMILES string of the molecule is CN(Cc1c(Br)cnn1C)C(=O)Nc1ccc(Cl)cc1. The highest BCUT2D eigenvalue weighted by Crippen LogP contribution is 2.17. The van der Waals surface area contributed by atoms with Crippen LogP contribution in [0, 0.1) is 0 Å². The lowest BCUT2D eigenvalue weighted by atomic mass is 10.3. The summed E-state index contributed by atoms with van der Waals surface area (Å²) in [5, 5.41) is 7.56. The molecular weight excluding hydrogens is 344 g/mol. The number of anilines is 1. The molecular formula is C13H14BrClN4O. The Balaban J connectivity index is 2.00. The standard InChI is InChI=1S/C13H14BrClN4O/c1-18(8-12-11(14)7-16-19(12)2)13(20)17-10-5-3-9(15)4-6-10/h3-7H,8H2,1-2H3,(H,17,20). The first-order valence-electron chi connectivity index (χ1n) is 5.91. The van der Waals surface area contributed by atoms with E-state index in [1.165, 1.54) is 0 Å². The molecule has 0 saturated carbocycles. The molecule has 0 unspecified atom stereocenters. The summed E-state index contributed by atoms with van der Waals surface area (Å²) in [4.78, 5) is 13.7. The predicted molar refractivity (Wildman–Crippen MR) is 82.8 cm³/mol. The molecule has 0 aliphatic heterocycles. The molecule has 2 amide bonds. The summed E-state index contributed by atoms with van der Waals surface area (Å²) in [6, 6.07) is 6.78. The summed E-state index contributed by atoms with van der Waals surface area (Å²) in [5.74, 6) is 0. The summed E-state index contributed by atoms with van der Waals surface area (Å²) < 4.78 is 2.61. The molecule has 106 valence electrons. The van der Waals surface area contributed by atoms with Crippen molar-refractivity contribution in [3.05, 3.63) is 45.7 Å². The highest BCUT2D eigenvalue weighted by Gasteiger charge is 2.13. The van der Waals surface area contributed by atoms with Gasteiger partial charge in [-0.2, -0.15) is 5.10 Å². The zero-order chi connectivity index (χ0) is 14.7. The fourth-order valence-corrected chi connectivity index (χ4v) is 2.26. The maximum Gasteiger partial charge on any atom is 0.321 e. The molecule has 0 bridgehead atoms. The average molecular weight is 358 g/mol. The van der Waals surface area contributed by atoms with Crippen molar-refractivity contribution < 1.29 is 4.79 Å². The number of halogens is 2. The smallest absolute Gasteiger partial charge is 0.321 e. The minimum Gasteiger partial charge on any atom is -0.322 e. The fourth-order valence-electron chi connectivity index (χ4n) is 1.66. The van der Waals surface area contributed by atoms with Gasteiger partial charge in [-0.3, -0.25) is 4.68 Å². The number of hydrogen-bond acceptors (Lipinski definition) is 2. The van der Waals surface area contributed by atoms with Crippen LogP contribution in [0.1, 0.15) is 5.69 Å². The summed E-state index contributed by atoms with van der Waals surface area (Å²) in [6.07, 6.45) is 1.71. The van der Waals surface area contributed by atoms with Crippen molar-refractivity contribution in [2.24, 2.45) is 7.05 Å². The Morgan fingerprint density at radius 1 is 1.45 bits per heavy atom. The summed E-state index contributed by atoms with van der Waals surface area (Å²) in [6.45, 7) is 0.455. The Bertz CT molecular complexity index is 592. The Hall–Kier alpha value is -1.53. The van der Waals surface area contributed by atoms with Gasteiger partial charge in [0.1, 0.15) is 0 Å². The van der Waals surface area contributed by atoms with Gasteiger partial charge in [0.25, 0.3) is 0 Å². The molecule has 2 rings (SSSR count). The summed E-state index contributed by atoms with van der Waals surface area (Å²) in [5.41, 5.74) is 1.63. The monoisotopic (exact) mass is 356 g/mol. The van der Waals surface area contributed by atoms with Gasteiger partial charge in [-0.25, -0.2) is 4.79 Å². The second-order valence-corrected chi connectivity index (χ2v) is 5.65. The fraction of sp³-hybridized carbons (Fsp3) is 0.231. The minimum atomic E-state index is -0.194. The van der Waals surface area contributed by atoms with Crippen molar-refractivity contribution >= 4 is 39.2 Å². The van der Waals surface area contributed by atoms with E-state index in [0.29, 0.717) is 17.3 Å². The van der Waals surface area contributed by atoms with Gasteiger partial charge in [0.2, 0.25) is 0 Å². The molecule has 0 spiro atoms. The number of nitrogens with one attached hydrogen (secondary N) is 1. The first-order chi connectivity index (χ1) is 9.47. The number of carbonyl (C=O) groups is 1. The number of aryl methyl sites for hydroxylation is 1. The quantitative estimate of drug-likeness (QED) is 0.914. The number of carbonyl (C=O) groups excluding carboxylic acids is 1. The van der Waals surface area contributed by atoms with Crippen LogP contribution >= 0.6 is 27.5 Å². The molecule has 7 heteroatoms. The minimum absolute atomic E-state index is 0.194. The van der Waals surface area contributed by atoms with Crippen molar-refractivity contribution in [3.63, 3.8) is 0 Å². The first kappa shape index (κ1) is 14.9. The third-order valence-electron chi connectivity index (χ3n) is 2.84. The van der Waals surface area contributed by atoms with Gasteiger partial charge in [-0.15, -0.1) is 0 Å². The van der Waals surface area contributed by atoms with Crippen LogP contribution < -0.4 is 5.32 Å². The number of benzene rings is 1. The Morgan fingerprint density at radius 3 is 2.65 bits per heavy atom. The van der Waals surface area contributed by atoms with Crippen LogP contribution in [-0.4, -0.2) is 27.8 Å². The van der Waals surface area contributed by atoms with E-state index in [2.05, 4.69) is 26.3 Å². The molecule has 20 heavy (non-hydrogen) atoms. The third kappa shape index (κ3) is 3.52. The highest BCUT2D eigenvalue weighted by atomic mass is 79.9. The molecule has 2 aromatic rings. The Labute approximate surface area is 130 Å². The molecule has 5 nitrogen and oxygen atoms in total. The normalized spacial score (nSPS) is 10.4. The van der Waals surface area contributed by atoms with E-state index < -0.39 is 0 Å². The van der Waals surface area contributed by atoms with Gasteiger partial charge in [0, 0.05) is 24.8 Å². The van der Waals surface area contributed by atoms with Crippen molar-refractivity contribution in [1.29, 1.82) is 0 Å². The topological polar surface area (TPSA) is 50.2 Å². The molecule has 0 atom stereocenters. The highest BCUT2D eigenvalue weighted by molar-refractivity contribution is 9.10. The van der Waals surface area contributed by atoms with Gasteiger partial charge in [-0.1, -0.05) is 11.6 Å². The number of urea groups is 1. The molecule has 1 aromatic carbocycles. The summed E-state index contributed by atoms with van der Waals surface area (Å²) >= 11 is 9.22. The van der Waals surface area contributed by atoms with E-state index in [-0.39, 0.29) is 6.03 Å². The molecule has 1 N–H and O–H groups in total. The predicted octanol–water partition coefficient (Wildman–Crippen LogP) is 3.50. The van der Waals surface area contributed by atoms with Gasteiger partial charge in [-0.05, 0) is 40.2 Å². The lowest BCUT2D eigenvalue weighted by molar-refractivity contribution is 0.219. The van der Waals surface area contributed by atoms with E-state index in [1.54, 1.807) is 47.1 Å². The number of rotatable bonds is 3. The Morgan fingerprint density at radius 2 is 2.10 bits per heavy atom. The number of hydrogen-bond donors (Lipinski definition) is 1. The average Bonchev–Trinajstić information content (AvgIpc) is 2.73.